The zero-order valence-electron chi connectivity index (χ0n) is 10.4. The molecule has 0 radical (unpaired) electrons. The second-order valence-electron chi connectivity index (χ2n) is 3.77. The molecule has 0 aliphatic rings. The van der Waals surface area contributed by atoms with Crippen molar-refractivity contribution in [1.29, 1.82) is 0 Å². The van der Waals surface area contributed by atoms with Gasteiger partial charge in [-0.1, -0.05) is 24.0 Å². The van der Waals surface area contributed by atoms with E-state index in [1.54, 1.807) is 0 Å². The van der Waals surface area contributed by atoms with Gasteiger partial charge >= 0.3 is 0 Å². The summed E-state index contributed by atoms with van der Waals surface area (Å²) in [5, 5.41) is 0. The standard InChI is InChI=1S/C14H19NO2/c1-12(2)16-10-11-17-14-8-4-3-6-13(14)7-5-9-15/h3-4,6,8,12H,9-11,15H2,1-2H3. The van der Waals surface area contributed by atoms with E-state index in [-0.39, 0.29) is 6.10 Å². The molecule has 3 nitrogen and oxygen atoms in total. The molecule has 1 rings (SSSR count). The molecule has 0 aromatic heterocycles. The lowest BCUT2D eigenvalue weighted by Gasteiger charge is -2.10. The highest BCUT2D eigenvalue weighted by atomic mass is 16.5. The van der Waals surface area contributed by atoms with Gasteiger partial charge in [-0.15, -0.1) is 0 Å². The maximum atomic E-state index is 5.62. The molecule has 0 unspecified atom stereocenters. The molecular weight excluding hydrogens is 214 g/mol. The van der Waals surface area contributed by atoms with Crippen LogP contribution in [0.2, 0.25) is 0 Å². The Hall–Kier alpha value is -1.50. The average molecular weight is 233 g/mol. The lowest BCUT2D eigenvalue weighted by molar-refractivity contribution is 0.0552. The van der Waals surface area contributed by atoms with Gasteiger partial charge in [0.15, 0.2) is 0 Å². The predicted molar refractivity (Wildman–Crippen MR) is 69.0 cm³/mol. The quantitative estimate of drug-likeness (QED) is 0.623. The third-order valence-corrected chi connectivity index (χ3v) is 2.00. The first-order valence-corrected chi connectivity index (χ1v) is 5.76. The van der Waals surface area contributed by atoms with Crippen LogP contribution in [0.25, 0.3) is 0 Å². The highest BCUT2D eigenvalue weighted by Crippen LogP contribution is 2.16. The topological polar surface area (TPSA) is 44.5 Å². The Bertz CT molecular complexity index is 391. The second kappa shape index (κ2) is 7.72. The first-order chi connectivity index (χ1) is 8.24. The lowest BCUT2D eigenvalue weighted by Crippen LogP contribution is -2.11. The Morgan fingerprint density at radius 1 is 1.24 bits per heavy atom. The van der Waals surface area contributed by atoms with Gasteiger partial charge in [-0.2, -0.15) is 0 Å². The summed E-state index contributed by atoms with van der Waals surface area (Å²) in [6.07, 6.45) is 0.228. The minimum absolute atomic E-state index is 0.228. The zero-order valence-corrected chi connectivity index (χ0v) is 10.4. The van der Waals surface area contributed by atoms with Crippen LogP contribution in [0.3, 0.4) is 0 Å². The van der Waals surface area contributed by atoms with E-state index in [1.165, 1.54) is 0 Å². The third-order valence-electron chi connectivity index (χ3n) is 2.00. The van der Waals surface area contributed by atoms with Gasteiger partial charge in [-0.3, -0.25) is 0 Å². The van der Waals surface area contributed by atoms with Crippen LogP contribution in [0.15, 0.2) is 24.3 Å². The Balaban J connectivity index is 2.52. The number of rotatable bonds is 5. The predicted octanol–water partition coefficient (Wildman–Crippen LogP) is 1.80. The summed E-state index contributed by atoms with van der Waals surface area (Å²) in [5.41, 5.74) is 6.21. The van der Waals surface area contributed by atoms with Crippen molar-refractivity contribution in [2.45, 2.75) is 20.0 Å². The normalized spacial score (nSPS) is 9.88. The van der Waals surface area contributed by atoms with Crippen molar-refractivity contribution in [3.63, 3.8) is 0 Å². The van der Waals surface area contributed by atoms with Gasteiger partial charge in [0, 0.05) is 0 Å². The Labute approximate surface area is 103 Å². The van der Waals surface area contributed by atoms with Crippen LogP contribution in [0.5, 0.6) is 5.75 Å². The minimum Gasteiger partial charge on any atom is -0.490 e. The van der Waals surface area contributed by atoms with E-state index in [0.29, 0.717) is 19.8 Å². The van der Waals surface area contributed by atoms with Crippen molar-refractivity contribution in [1.82, 2.24) is 0 Å². The van der Waals surface area contributed by atoms with E-state index in [1.807, 2.05) is 38.1 Å². The maximum absolute atomic E-state index is 5.62. The number of hydrogen-bond donors (Lipinski definition) is 1. The number of benzene rings is 1. The summed E-state index contributed by atoms with van der Waals surface area (Å²) in [4.78, 5) is 0. The molecule has 0 saturated heterocycles. The number of para-hydroxylation sites is 1. The smallest absolute Gasteiger partial charge is 0.135 e. The van der Waals surface area contributed by atoms with E-state index in [9.17, 15) is 0 Å². The molecule has 2 N–H and O–H groups in total. The van der Waals surface area contributed by atoms with E-state index in [0.717, 1.165) is 11.3 Å². The van der Waals surface area contributed by atoms with Gasteiger partial charge in [-0.05, 0) is 26.0 Å². The first kappa shape index (κ1) is 13.6. The van der Waals surface area contributed by atoms with E-state index in [4.69, 9.17) is 15.2 Å². The first-order valence-electron chi connectivity index (χ1n) is 5.76. The monoisotopic (exact) mass is 233 g/mol. The van der Waals surface area contributed by atoms with E-state index in [2.05, 4.69) is 11.8 Å². The Morgan fingerprint density at radius 2 is 2.00 bits per heavy atom. The zero-order chi connectivity index (χ0) is 12.5. The largest absolute Gasteiger partial charge is 0.490 e. The van der Waals surface area contributed by atoms with Gasteiger partial charge in [0.25, 0.3) is 0 Å². The molecule has 0 aliphatic heterocycles. The van der Waals surface area contributed by atoms with Crippen LogP contribution in [0.4, 0.5) is 0 Å². The van der Waals surface area contributed by atoms with Gasteiger partial charge in [-0.25, -0.2) is 0 Å². The highest BCUT2D eigenvalue weighted by molar-refractivity contribution is 5.45. The third kappa shape index (κ3) is 5.39. The molecule has 0 saturated carbocycles. The SMILES string of the molecule is CC(C)OCCOc1ccccc1C#CCN. The molecule has 0 amide bonds. The van der Waals surface area contributed by atoms with Crippen molar-refractivity contribution in [3.05, 3.63) is 29.8 Å². The molecule has 0 spiro atoms. The van der Waals surface area contributed by atoms with Gasteiger partial charge < -0.3 is 15.2 Å². The molecule has 1 aromatic carbocycles. The molecule has 92 valence electrons. The fraction of sp³-hybridized carbons (Fsp3) is 0.429. The van der Waals surface area contributed by atoms with Crippen molar-refractivity contribution in [3.8, 4) is 17.6 Å². The number of ether oxygens (including phenoxy) is 2. The summed E-state index contributed by atoms with van der Waals surface area (Å²) in [7, 11) is 0. The molecule has 3 heteroatoms. The van der Waals surface area contributed by atoms with E-state index < -0.39 is 0 Å². The molecule has 0 heterocycles. The van der Waals surface area contributed by atoms with Gasteiger partial charge in [0.05, 0.1) is 24.8 Å². The molecule has 17 heavy (non-hydrogen) atoms. The summed E-state index contributed by atoms with van der Waals surface area (Å²) in [6, 6.07) is 7.67. The fourth-order valence-electron chi connectivity index (χ4n) is 1.28. The van der Waals surface area contributed by atoms with Crippen LogP contribution < -0.4 is 10.5 Å². The summed E-state index contributed by atoms with van der Waals surface area (Å²) < 4.78 is 11.0. The van der Waals surface area contributed by atoms with Crippen molar-refractivity contribution < 1.29 is 9.47 Å². The van der Waals surface area contributed by atoms with Crippen LogP contribution in [0.1, 0.15) is 19.4 Å². The van der Waals surface area contributed by atoms with Crippen LogP contribution in [-0.2, 0) is 4.74 Å². The van der Waals surface area contributed by atoms with Crippen LogP contribution in [0, 0.1) is 11.8 Å². The summed E-state index contributed by atoms with van der Waals surface area (Å²) in [5.74, 6) is 6.58. The van der Waals surface area contributed by atoms with E-state index >= 15 is 0 Å². The Morgan fingerprint density at radius 3 is 2.71 bits per heavy atom. The van der Waals surface area contributed by atoms with Gasteiger partial charge in [0.2, 0.25) is 0 Å². The molecular formula is C14H19NO2. The van der Waals surface area contributed by atoms with Crippen molar-refractivity contribution in [2.75, 3.05) is 19.8 Å². The average Bonchev–Trinajstić information content (AvgIpc) is 2.33. The number of nitrogens with two attached hydrogens (primary N) is 1. The minimum atomic E-state index is 0.228. The van der Waals surface area contributed by atoms with Gasteiger partial charge in [0.1, 0.15) is 12.4 Å². The maximum Gasteiger partial charge on any atom is 0.135 e. The second-order valence-corrected chi connectivity index (χ2v) is 3.77. The Kier molecular flexibility index (Phi) is 6.16. The molecule has 0 fully saturated rings. The lowest BCUT2D eigenvalue weighted by atomic mass is 10.2. The van der Waals surface area contributed by atoms with Crippen LogP contribution >= 0.6 is 0 Å². The summed E-state index contributed by atoms with van der Waals surface area (Å²) in [6.45, 7) is 5.46. The molecule has 0 bridgehead atoms. The van der Waals surface area contributed by atoms with Crippen molar-refractivity contribution >= 4 is 0 Å². The fourth-order valence-corrected chi connectivity index (χ4v) is 1.28. The summed E-state index contributed by atoms with van der Waals surface area (Å²) >= 11 is 0. The number of hydrogen-bond acceptors (Lipinski definition) is 3. The van der Waals surface area contributed by atoms with Crippen molar-refractivity contribution in [2.24, 2.45) is 5.73 Å². The van der Waals surface area contributed by atoms with Crippen LogP contribution in [-0.4, -0.2) is 25.9 Å². The molecule has 1 aromatic rings. The molecule has 0 atom stereocenters. The highest BCUT2D eigenvalue weighted by Gasteiger charge is 2.00. The molecule has 0 aliphatic carbocycles.